The van der Waals surface area contributed by atoms with E-state index < -0.39 is 11.7 Å². The van der Waals surface area contributed by atoms with Crippen molar-refractivity contribution in [2.24, 2.45) is 5.92 Å². The predicted molar refractivity (Wildman–Crippen MR) is 116 cm³/mol. The molecule has 1 fully saturated rings. The van der Waals surface area contributed by atoms with Gasteiger partial charge in [0.05, 0.1) is 18.3 Å². The van der Waals surface area contributed by atoms with Gasteiger partial charge in [-0.15, -0.1) is 0 Å². The zero-order valence-corrected chi connectivity index (χ0v) is 17.8. The zero-order chi connectivity index (χ0) is 22.7. The van der Waals surface area contributed by atoms with Crippen LogP contribution in [0.1, 0.15) is 24.0 Å². The van der Waals surface area contributed by atoms with Crippen molar-refractivity contribution in [2.45, 2.75) is 25.6 Å². The summed E-state index contributed by atoms with van der Waals surface area (Å²) < 4.78 is 39.8. The van der Waals surface area contributed by atoms with Crippen LogP contribution in [0.25, 0.3) is 0 Å². The van der Waals surface area contributed by atoms with Crippen LogP contribution in [0.4, 0.5) is 24.8 Å². The van der Waals surface area contributed by atoms with Crippen LogP contribution in [0.2, 0.25) is 5.02 Å². The van der Waals surface area contributed by atoms with Crippen molar-refractivity contribution < 1.29 is 18.0 Å². The maximum atomic E-state index is 12.8. The van der Waals surface area contributed by atoms with E-state index in [-0.39, 0.29) is 11.8 Å². The summed E-state index contributed by atoms with van der Waals surface area (Å²) in [6, 6.07) is 11.6. The van der Waals surface area contributed by atoms with Crippen LogP contribution in [0, 0.1) is 5.92 Å². The standard InChI is InChI=1S/C22H21ClF3N5O/c23-18-4-2-1-3-16(18)14-31-20(7-10-28-31)29-21(32)15-8-11-30(12-9-15)19-6-5-17(13-27-19)22(24,25)26/h1-7,10,13,15H,8-9,11-12,14H2,(H,29,32). The molecule has 1 aliphatic rings. The lowest BCUT2D eigenvalue weighted by atomic mass is 9.96. The lowest BCUT2D eigenvalue weighted by molar-refractivity contribution is -0.137. The number of nitrogens with zero attached hydrogens (tertiary/aromatic N) is 4. The zero-order valence-electron chi connectivity index (χ0n) is 17.0. The van der Waals surface area contributed by atoms with Gasteiger partial charge in [-0.1, -0.05) is 29.8 Å². The van der Waals surface area contributed by atoms with Crippen LogP contribution < -0.4 is 10.2 Å². The molecular formula is C22H21ClF3N5O. The second-order valence-electron chi connectivity index (χ2n) is 7.62. The Kier molecular flexibility index (Phi) is 6.36. The van der Waals surface area contributed by atoms with E-state index >= 15 is 0 Å². The number of benzene rings is 1. The van der Waals surface area contributed by atoms with E-state index in [0.717, 1.165) is 17.8 Å². The molecule has 0 spiro atoms. The first-order valence-corrected chi connectivity index (χ1v) is 10.5. The summed E-state index contributed by atoms with van der Waals surface area (Å²) in [6.07, 6.45) is -0.797. The quantitative estimate of drug-likeness (QED) is 0.587. The lowest BCUT2D eigenvalue weighted by Gasteiger charge is -2.32. The van der Waals surface area contributed by atoms with E-state index in [2.05, 4.69) is 15.4 Å². The second-order valence-corrected chi connectivity index (χ2v) is 8.03. The highest BCUT2D eigenvalue weighted by Crippen LogP contribution is 2.30. The Morgan fingerprint density at radius 1 is 1.12 bits per heavy atom. The predicted octanol–water partition coefficient (Wildman–Crippen LogP) is 4.85. The first-order chi connectivity index (χ1) is 15.3. The van der Waals surface area contributed by atoms with Gasteiger partial charge in [0.15, 0.2) is 0 Å². The Morgan fingerprint density at radius 3 is 2.53 bits per heavy atom. The monoisotopic (exact) mass is 463 g/mol. The third-order valence-corrected chi connectivity index (χ3v) is 5.88. The molecule has 0 bridgehead atoms. The minimum Gasteiger partial charge on any atom is -0.357 e. The molecule has 0 radical (unpaired) electrons. The summed E-state index contributed by atoms with van der Waals surface area (Å²) in [7, 11) is 0. The summed E-state index contributed by atoms with van der Waals surface area (Å²) >= 11 is 6.22. The first-order valence-electron chi connectivity index (χ1n) is 10.2. The minimum absolute atomic E-state index is 0.106. The van der Waals surface area contributed by atoms with Crippen molar-refractivity contribution in [3.05, 3.63) is 71.0 Å². The first kappa shape index (κ1) is 22.1. The fourth-order valence-electron chi connectivity index (χ4n) is 3.69. The largest absolute Gasteiger partial charge is 0.417 e. The minimum atomic E-state index is -4.41. The van der Waals surface area contributed by atoms with Gasteiger partial charge in [-0.25, -0.2) is 9.67 Å². The molecule has 3 heterocycles. The highest BCUT2D eigenvalue weighted by atomic mass is 35.5. The van der Waals surface area contributed by atoms with Crippen LogP contribution in [0.15, 0.2) is 54.9 Å². The fraction of sp³-hybridized carbons (Fsp3) is 0.318. The van der Waals surface area contributed by atoms with Gasteiger partial charge in [0.25, 0.3) is 0 Å². The Morgan fingerprint density at radius 2 is 1.88 bits per heavy atom. The maximum Gasteiger partial charge on any atom is 0.417 e. The number of piperidine rings is 1. The molecule has 0 saturated carbocycles. The molecule has 0 atom stereocenters. The molecular weight excluding hydrogens is 443 g/mol. The van der Waals surface area contributed by atoms with E-state index in [1.807, 2.05) is 23.1 Å². The van der Waals surface area contributed by atoms with E-state index in [0.29, 0.717) is 49.1 Å². The molecule has 1 saturated heterocycles. The third kappa shape index (κ3) is 5.04. The van der Waals surface area contributed by atoms with Crippen molar-refractivity contribution in [3.8, 4) is 0 Å². The van der Waals surface area contributed by atoms with Crippen molar-refractivity contribution >= 4 is 29.1 Å². The molecule has 4 rings (SSSR count). The normalized spacial score (nSPS) is 15.1. The smallest absolute Gasteiger partial charge is 0.357 e. The average Bonchev–Trinajstić information content (AvgIpc) is 3.21. The Bertz CT molecular complexity index is 1080. The summed E-state index contributed by atoms with van der Waals surface area (Å²) in [6.45, 7) is 1.50. The molecule has 1 N–H and O–H groups in total. The molecule has 3 aromatic rings. The molecule has 6 nitrogen and oxygen atoms in total. The van der Waals surface area contributed by atoms with Crippen molar-refractivity contribution in [1.29, 1.82) is 0 Å². The number of pyridine rings is 1. The van der Waals surface area contributed by atoms with Crippen LogP contribution in [0.3, 0.4) is 0 Å². The number of carbonyl (C=O) groups excluding carboxylic acids is 1. The Balaban J connectivity index is 1.34. The topological polar surface area (TPSA) is 63.1 Å². The van der Waals surface area contributed by atoms with Gasteiger partial charge >= 0.3 is 6.18 Å². The van der Waals surface area contributed by atoms with E-state index in [9.17, 15) is 18.0 Å². The number of nitrogens with one attached hydrogen (secondary N) is 1. The number of hydrogen-bond donors (Lipinski definition) is 1. The Labute approximate surface area is 188 Å². The van der Waals surface area contributed by atoms with Crippen molar-refractivity contribution in [1.82, 2.24) is 14.8 Å². The molecule has 1 aliphatic heterocycles. The van der Waals surface area contributed by atoms with Gasteiger partial charge < -0.3 is 10.2 Å². The molecule has 0 aliphatic carbocycles. The lowest BCUT2D eigenvalue weighted by Crippen LogP contribution is -2.38. The number of carbonyl (C=O) groups is 1. The van der Waals surface area contributed by atoms with Crippen LogP contribution in [-0.2, 0) is 17.5 Å². The maximum absolute atomic E-state index is 12.8. The third-order valence-electron chi connectivity index (χ3n) is 5.51. The van der Waals surface area contributed by atoms with Crippen molar-refractivity contribution in [2.75, 3.05) is 23.3 Å². The van der Waals surface area contributed by atoms with Crippen LogP contribution >= 0.6 is 11.6 Å². The molecule has 2 aromatic heterocycles. The van der Waals surface area contributed by atoms with Crippen LogP contribution in [-0.4, -0.2) is 33.8 Å². The SMILES string of the molecule is O=C(Nc1ccnn1Cc1ccccc1Cl)C1CCN(c2ccc(C(F)(F)F)cn2)CC1. The van der Waals surface area contributed by atoms with Gasteiger partial charge in [0, 0.05) is 36.3 Å². The van der Waals surface area contributed by atoms with Gasteiger partial charge in [0.2, 0.25) is 5.91 Å². The molecule has 32 heavy (non-hydrogen) atoms. The number of anilines is 2. The fourth-order valence-corrected chi connectivity index (χ4v) is 3.89. The van der Waals surface area contributed by atoms with Crippen molar-refractivity contribution in [3.63, 3.8) is 0 Å². The van der Waals surface area contributed by atoms with Gasteiger partial charge in [-0.3, -0.25) is 4.79 Å². The molecule has 1 amide bonds. The number of amides is 1. The van der Waals surface area contributed by atoms with Gasteiger partial charge in [0.1, 0.15) is 11.6 Å². The number of alkyl halides is 3. The highest BCUT2D eigenvalue weighted by molar-refractivity contribution is 6.31. The Hall–Kier alpha value is -3.07. The van der Waals surface area contributed by atoms with E-state index in [1.165, 1.54) is 6.07 Å². The summed E-state index contributed by atoms with van der Waals surface area (Å²) in [4.78, 5) is 18.6. The van der Waals surface area contributed by atoms with Crippen LogP contribution in [0.5, 0.6) is 0 Å². The average molecular weight is 464 g/mol. The molecule has 0 unspecified atom stereocenters. The van der Waals surface area contributed by atoms with Gasteiger partial charge in [-0.2, -0.15) is 18.3 Å². The molecule has 10 heteroatoms. The van der Waals surface area contributed by atoms with Gasteiger partial charge in [-0.05, 0) is 36.6 Å². The van der Waals surface area contributed by atoms with E-state index in [4.69, 9.17) is 11.6 Å². The van der Waals surface area contributed by atoms with E-state index in [1.54, 1.807) is 23.0 Å². The highest BCUT2D eigenvalue weighted by Gasteiger charge is 2.31. The number of rotatable bonds is 5. The molecule has 168 valence electrons. The summed E-state index contributed by atoms with van der Waals surface area (Å²) in [5.41, 5.74) is 0.120. The number of aromatic nitrogens is 3. The summed E-state index contributed by atoms with van der Waals surface area (Å²) in [5, 5.41) is 7.84. The molecule has 1 aromatic carbocycles. The number of halogens is 4. The second kappa shape index (κ2) is 9.20. The summed E-state index contributed by atoms with van der Waals surface area (Å²) in [5.74, 6) is 0.756. The number of hydrogen-bond acceptors (Lipinski definition) is 4.